The second-order valence-electron chi connectivity index (χ2n) is 12.6. The molecular formula is C54H107N4O10S5-. The number of Topliss-reactive ketones (excluding diaryl/α,β-unsaturated/α-hetero) is 6. The zero-order valence-corrected chi connectivity index (χ0v) is 54.2. The van der Waals surface area contributed by atoms with E-state index in [1.807, 2.05) is 122 Å². The predicted octanol–water partition coefficient (Wildman–Crippen LogP) is 11.2. The van der Waals surface area contributed by atoms with Crippen molar-refractivity contribution < 1.29 is 47.8 Å². The molecule has 0 amide bonds. The molecule has 19 heteroatoms. The first-order chi connectivity index (χ1) is 34.0. The monoisotopic (exact) mass is 1130 g/mol. The summed E-state index contributed by atoms with van der Waals surface area (Å²) >= 11 is 17.8. The molecule has 0 fully saturated rings. The Balaban J connectivity index is -0.0000000579. The Hall–Kier alpha value is -3.27. The molecule has 8 N–H and O–H groups in total. The van der Waals surface area contributed by atoms with Crippen LogP contribution in [-0.4, -0.2) is 88.1 Å². The van der Waals surface area contributed by atoms with Crippen molar-refractivity contribution in [3.05, 3.63) is 48.5 Å². The summed E-state index contributed by atoms with van der Waals surface area (Å²) in [7, 11) is -0.262. The standard InChI is InChI=1S/C10H12O2S2.C8H8O2S.2C5H11NO.2C4H9NOS.2C3H6O.6C2H6/c1-3-14(13)10-7-5-4-6-9(10)12-8(2)11;1-6(9)10-7-4-2-3-5-8(7)11;2*1-3-5(6)4(2)7;2*1-3(6)4(5)2-7;2*1-3(2)4;6*1-2/h4-7H,3H2,1-2H3;2-5,11H,1H3;2*5H,3,6H2,1-2H3;2*4,7H,2,5H2,1H3;2*1-2H3;6*1-2H3/p-1. The van der Waals surface area contributed by atoms with Crippen LogP contribution in [-0.2, 0) is 71.6 Å². The third-order valence-corrected chi connectivity index (χ3v) is 9.80. The molecule has 0 saturated heterocycles. The van der Waals surface area contributed by atoms with Crippen molar-refractivity contribution in [1.29, 1.82) is 0 Å². The van der Waals surface area contributed by atoms with Crippen molar-refractivity contribution in [1.82, 2.24) is 0 Å². The van der Waals surface area contributed by atoms with Gasteiger partial charge in [-0.1, -0.05) is 144 Å². The van der Waals surface area contributed by atoms with Crippen molar-refractivity contribution in [2.45, 2.75) is 220 Å². The number of esters is 2. The van der Waals surface area contributed by atoms with E-state index in [1.54, 1.807) is 30.3 Å². The normalized spacial score (nSPS) is 10.1. The van der Waals surface area contributed by atoms with Crippen LogP contribution in [0.3, 0.4) is 0 Å². The number of carbonyl (C=O) groups excluding carboxylic acids is 8. The van der Waals surface area contributed by atoms with Crippen LogP contribution in [0.5, 0.6) is 11.5 Å². The number of carbonyl (C=O) groups is 8. The second-order valence-corrected chi connectivity index (χ2v) is 16.7. The SMILES string of the molecule is CC.CC.CC.CC.CC.CC.CC(=O)C(N)CS.CC(=O)C(N)CS.CC(=O)Oc1ccccc1[S-].CC(C)=O.CC(C)=O.CCC(N)C(C)=O.CCC(N)C(C)=O.CCS(=S)c1ccccc1OC(C)=O. The van der Waals surface area contributed by atoms with Gasteiger partial charge in [-0.3, -0.25) is 28.8 Å². The van der Waals surface area contributed by atoms with E-state index in [2.05, 4.69) is 25.3 Å². The van der Waals surface area contributed by atoms with Crippen molar-refractivity contribution in [3.8, 4) is 11.5 Å². The third-order valence-electron chi connectivity index (χ3n) is 6.07. The number of hydrogen-bond acceptors (Lipinski definition) is 18. The van der Waals surface area contributed by atoms with Crippen molar-refractivity contribution in [2.75, 3.05) is 17.3 Å². The first-order valence-electron chi connectivity index (χ1n) is 24.8. The lowest BCUT2D eigenvalue weighted by Crippen LogP contribution is -2.29. The Labute approximate surface area is 470 Å². The average Bonchev–Trinajstić information content (AvgIpc) is 3.37. The van der Waals surface area contributed by atoms with Gasteiger partial charge in [0.25, 0.3) is 0 Å². The molecule has 5 atom stereocenters. The molecule has 5 unspecified atom stereocenters. The Kier molecular flexibility index (Phi) is 108. The van der Waals surface area contributed by atoms with E-state index in [4.69, 9.17) is 56.2 Å². The van der Waals surface area contributed by atoms with Crippen LogP contribution >= 0.6 is 25.3 Å². The van der Waals surface area contributed by atoms with E-state index in [9.17, 15) is 38.4 Å². The Bertz CT molecular complexity index is 1520. The smallest absolute Gasteiger partial charge is 0.308 e. The molecule has 0 heterocycles. The van der Waals surface area contributed by atoms with Crippen LogP contribution in [0.15, 0.2) is 58.3 Å². The number of benzene rings is 2. The second kappa shape index (κ2) is 80.1. The largest absolute Gasteiger partial charge is 0.776 e. The van der Waals surface area contributed by atoms with E-state index in [0.717, 1.165) is 23.5 Å². The molecule has 0 spiro atoms. The number of para-hydroxylation sites is 2. The summed E-state index contributed by atoms with van der Waals surface area (Å²) in [6.07, 6.45) is 1.49. The molecule has 0 aromatic heterocycles. The van der Waals surface area contributed by atoms with E-state index >= 15 is 0 Å². The van der Waals surface area contributed by atoms with Gasteiger partial charge in [-0.15, -0.1) is 4.90 Å². The predicted molar refractivity (Wildman–Crippen MR) is 328 cm³/mol. The lowest BCUT2D eigenvalue weighted by atomic mass is 10.2. The van der Waals surface area contributed by atoms with Gasteiger partial charge in [-0.2, -0.15) is 25.3 Å². The minimum Gasteiger partial charge on any atom is -0.776 e. The van der Waals surface area contributed by atoms with Crippen LogP contribution in [0.2, 0.25) is 0 Å². The summed E-state index contributed by atoms with van der Waals surface area (Å²) in [5, 5.41) is 0. The number of nitrogens with two attached hydrogens (primary N) is 4. The molecule has 2 aromatic carbocycles. The summed E-state index contributed by atoms with van der Waals surface area (Å²) in [5.41, 5.74) is 20.9. The van der Waals surface area contributed by atoms with Gasteiger partial charge in [0.2, 0.25) is 0 Å². The minimum absolute atomic E-state index is 0.00463. The average molecular weight is 1130 g/mol. The van der Waals surface area contributed by atoms with Gasteiger partial charge >= 0.3 is 11.9 Å². The van der Waals surface area contributed by atoms with E-state index in [0.29, 0.717) is 27.9 Å². The molecule has 14 nitrogen and oxygen atoms in total. The van der Waals surface area contributed by atoms with Gasteiger partial charge in [0.05, 0.1) is 29.1 Å². The van der Waals surface area contributed by atoms with E-state index in [-0.39, 0.29) is 80.3 Å². The highest BCUT2D eigenvalue weighted by Crippen LogP contribution is 2.22. The molecule has 434 valence electrons. The summed E-state index contributed by atoms with van der Waals surface area (Å²) in [6.45, 7) is 44.6. The number of ketones is 6. The Morgan fingerprint density at radius 2 is 0.712 bits per heavy atom. The molecule has 73 heavy (non-hydrogen) atoms. The Morgan fingerprint density at radius 1 is 0.479 bits per heavy atom. The van der Waals surface area contributed by atoms with Crippen molar-refractivity contribution in [2.24, 2.45) is 22.9 Å². The van der Waals surface area contributed by atoms with Crippen LogP contribution in [0.25, 0.3) is 0 Å². The topological polar surface area (TPSA) is 259 Å². The van der Waals surface area contributed by atoms with Crippen molar-refractivity contribution in [3.63, 3.8) is 0 Å². The number of hydrogen-bond donors (Lipinski definition) is 6. The molecule has 0 bridgehead atoms. The fourth-order valence-corrected chi connectivity index (χ4v) is 4.55. The minimum atomic E-state index is -0.372. The fraction of sp³-hybridized carbons (Fsp3) is 0.630. The quantitative estimate of drug-likeness (QED) is 0.0500. The summed E-state index contributed by atoms with van der Waals surface area (Å²) in [6, 6.07) is 13.2. The van der Waals surface area contributed by atoms with Crippen LogP contribution in [0.4, 0.5) is 0 Å². The van der Waals surface area contributed by atoms with Gasteiger partial charge in [0, 0.05) is 25.4 Å². The number of thiol groups is 2. The maximum absolute atomic E-state index is 10.8. The molecule has 2 rings (SSSR count). The zero-order valence-electron chi connectivity index (χ0n) is 50.0. The lowest BCUT2D eigenvalue weighted by Gasteiger charge is -2.11. The molecule has 0 aliphatic heterocycles. The van der Waals surface area contributed by atoms with Crippen LogP contribution in [0, 0.1) is 0 Å². The van der Waals surface area contributed by atoms with Gasteiger partial charge in [0.15, 0.2) is 0 Å². The maximum atomic E-state index is 10.8. The van der Waals surface area contributed by atoms with Gasteiger partial charge in [-0.25, -0.2) is 0 Å². The number of ether oxygens (including phenoxy) is 2. The summed E-state index contributed by atoms with van der Waals surface area (Å²) < 4.78 is 9.87. The lowest BCUT2D eigenvalue weighted by molar-refractivity contribution is -0.133. The molecule has 0 radical (unpaired) electrons. The van der Waals surface area contributed by atoms with E-state index < -0.39 is 0 Å². The number of rotatable bonds is 12. The van der Waals surface area contributed by atoms with E-state index in [1.165, 1.54) is 69.2 Å². The summed E-state index contributed by atoms with van der Waals surface area (Å²) in [5.74, 6) is 2.63. The maximum Gasteiger partial charge on any atom is 0.308 e. The third kappa shape index (κ3) is 95.1. The van der Waals surface area contributed by atoms with Gasteiger partial charge < -0.3 is 54.6 Å². The van der Waals surface area contributed by atoms with Crippen LogP contribution in [0.1, 0.15) is 186 Å². The first-order valence-corrected chi connectivity index (χ1v) is 28.8. The molecule has 0 aliphatic rings. The molecule has 0 saturated carbocycles. The zero-order chi connectivity index (χ0) is 61.4. The first kappa shape index (κ1) is 98.8. The van der Waals surface area contributed by atoms with Crippen LogP contribution < -0.4 is 32.4 Å². The molecular weight excluding hydrogens is 1020 g/mol. The van der Waals surface area contributed by atoms with Gasteiger partial charge in [0.1, 0.15) is 46.2 Å². The summed E-state index contributed by atoms with van der Waals surface area (Å²) in [4.78, 5) is 82.6. The molecule has 0 aliphatic carbocycles. The molecule has 2 aromatic rings. The highest BCUT2D eigenvalue weighted by molar-refractivity contribution is 8.28. The highest BCUT2D eigenvalue weighted by Gasteiger charge is 2.08. The fourth-order valence-electron chi connectivity index (χ4n) is 2.55. The highest BCUT2D eigenvalue weighted by atomic mass is 32.8. The Morgan fingerprint density at radius 3 is 0.890 bits per heavy atom. The van der Waals surface area contributed by atoms with Crippen molar-refractivity contribution >= 4 is 105 Å². The van der Waals surface area contributed by atoms with Gasteiger partial charge in [-0.05, 0) is 103 Å².